The number of hydrogen-bond donors (Lipinski definition) is 0. The van der Waals surface area contributed by atoms with Crippen molar-refractivity contribution in [3.63, 3.8) is 0 Å². The molecule has 2 amide bonds. The van der Waals surface area contributed by atoms with Gasteiger partial charge in [0.1, 0.15) is 11.6 Å². The van der Waals surface area contributed by atoms with Gasteiger partial charge in [0.2, 0.25) is 0 Å². The van der Waals surface area contributed by atoms with Crippen LogP contribution >= 0.6 is 0 Å². The minimum Gasteiger partial charge on any atom is -0.462 e. The predicted molar refractivity (Wildman–Crippen MR) is 78.3 cm³/mol. The topological polar surface area (TPSA) is 87.5 Å². The van der Waals surface area contributed by atoms with Crippen LogP contribution in [0.1, 0.15) is 12.5 Å². The van der Waals surface area contributed by atoms with Gasteiger partial charge in [-0.05, 0) is 30.7 Å². The first kappa shape index (κ1) is 15.2. The van der Waals surface area contributed by atoms with Crippen LogP contribution in [0.25, 0.3) is 6.08 Å². The van der Waals surface area contributed by atoms with Gasteiger partial charge in [-0.25, -0.2) is 9.69 Å². The minimum atomic E-state index is -0.692. The molecule has 0 saturated carbocycles. The Morgan fingerprint density at radius 2 is 1.82 bits per heavy atom. The van der Waals surface area contributed by atoms with Crippen LogP contribution in [0.2, 0.25) is 0 Å². The maximum Gasteiger partial charge on any atom is 0.348 e. The van der Waals surface area contributed by atoms with Crippen LogP contribution in [0.3, 0.4) is 0 Å². The van der Waals surface area contributed by atoms with Crippen molar-refractivity contribution in [2.45, 2.75) is 6.92 Å². The van der Waals surface area contributed by atoms with Crippen LogP contribution in [0.4, 0.5) is 5.69 Å². The number of imide groups is 1. The maximum absolute atomic E-state index is 11.6. The summed E-state index contributed by atoms with van der Waals surface area (Å²) in [5.74, 6) is -1.50. The van der Waals surface area contributed by atoms with Gasteiger partial charge in [0.15, 0.2) is 0 Å². The van der Waals surface area contributed by atoms with E-state index in [2.05, 4.69) is 0 Å². The Morgan fingerprint density at radius 1 is 1.23 bits per heavy atom. The van der Waals surface area contributed by atoms with Crippen LogP contribution < -0.4 is 4.90 Å². The monoisotopic (exact) mass is 296 g/mol. The van der Waals surface area contributed by atoms with Crippen molar-refractivity contribution in [1.82, 2.24) is 0 Å². The van der Waals surface area contributed by atoms with E-state index in [1.165, 1.54) is 18.2 Å². The fourth-order valence-electron chi connectivity index (χ4n) is 1.89. The molecule has 6 nitrogen and oxygen atoms in total. The Kier molecular flexibility index (Phi) is 4.49. The van der Waals surface area contributed by atoms with Gasteiger partial charge >= 0.3 is 5.97 Å². The first-order valence-corrected chi connectivity index (χ1v) is 6.52. The lowest BCUT2D eigenvalue weighted by Crippen LogP contribution is -2.29. The number of anilines is 1. The lowest BCUT2D eigenvalue weighted by molar-refractivity contribution is -0.138. The molecule has 0 saturated heterocycles. The van der Waals surface area contributed by atoms with E-state index in [-0.39, 0.29) is 12.2 Å². The second-order valence-corrected chi connectivity index (χ2v) is 4.33. The summed E-state index contributed by atoms with van der Waals surface area (Å²) in [7, 11) is 0. The fourth-order valence-corrected chi connectivity index (χ4v) is 1.89. The van der Waals surface area contributed by atoms with Gasteiger partial charge in [-0.1, -0.05) is 12.1 Å². The van der Waals surface area contributed by atoms with Crippen LogP contribution in [0, 0.1) is 11.3 Å². The number of hydrogen-bond acceptors (Lipinski definition) is 5. The third-order valence-corrected chi connectivity index (χ3v) is 2.89. The molecular weight excluding hydrogens is 284 g/mol. The van der Waals surface area contributed by atoms with Crippen LogP contribution in [0.5, 0.6) is 0 Å². The van der Waals surface area contributed by atoms with Crippen molar-refractivity contribution < 1.29 is 19.1 Å². The molecule has 1 heterocycles. The number of nitriles is 1. The number of ether oxygens (including phenoxy) is 1. The first-order valence-electron chi connectivity index (χ1n) is 6.52. The van der Waals surface area contributed by atoms with Crippen molar-refractivity contribution in [2.75, 3.05) is 11.5 Å². The summed E-state index contributed by atoms with van der Waals surface area (Å²) >= 11 is 0. The molecule has 0 unspecified atom stereocenters. The van der Waals surface area contributed by atoms with Gasteiger partial charge in [-0.3, -0.25) is 9.59 Å². The van der Waals surface area contributed by atoms with Gasteiger partial charge in [0.25, 0.3) is 11.8 Å². The molecular formula is C16H12N2O4. The zero-order valence-corrected chi connectivity index (χ0v) is 11.8. The highest BCUT2D eigenvalue weighted by molar-refractivity contribution is 6.28. The predicted octanol–water partition coefficient (Wildman–Crippen LogP) is 1.59. The molecule has 0 N–H and O–H groups in total. The van der Waals surface area contributed by atoms with Gasteiger partial charge in [-0.15, -0.1) is 0 Å². The Labute approximate surface area is 126 Å². The van der Waals surface area contributed by atoms with E-state index in [9.17, 15) is 14.4 Å². The summed E-state index contributed by atoms with van der Waals surface area (Å²) in [6.45, 7) is 1.84. The minimum absolute atomic E-state index is 0.121. The molecule has 1 aromatic rings. The molecule has 6 heteroatoms. The number of nitrogens with zero attached hydrogens (tertiary/aromatic N) is 2. The lowest BCUT2D eigenvalue weighted by atomic mass is 10.1. The number of carbonyl (C=O) groups excluding carboxylic acids is 3. The number of rotatable bonds is 4. The molecule has 22 heavy (non-hydrogen) atoms. The summed E-state index contributed by atoms with van der Waals surface area (Å²) in [5, 5.41) is 8.96. The molecule has 0 atom stereocenters. The fraction of sp³-hybridized carbons (Fsp3) is 0.125. The molecule has 110 valence electrons. The molecule has 0 radical (unpaired) electrons. The smallest absolute Gasteiger partial charge is 0.348 e. The van der Waals surface area contributed by atoms with Crippen molar-refractivity contribution >= 4 is 29.5 Å². The second-order valence-electron chi connectivity index (χ2n) is 4.33. The average Bonchev–Trinajstić information content (AvgIpc) is 2.85. The Balaban J connectivity index is 2.22. The quantitative estimate of drug-likeness (QED) is 0.364. The standard InChI is InChI=1S/C16H12N2O4/c1-2-22-16(21)12(10-17)9-11-3-5-13(6-4-11)18-14(19)7-8-15(18)20/h3-9H,2H2,1H3. The summed E-state index contributed by atoms with van der Waals surface area (Å²) in [4.78, 5) is 35.7. The molecule has 1 aliphatic heterocycles. The van der Waals surface area contributed by atoms with Crippen molar-refractivity contribution in [1.29, 1.82) is 5.26 Å². The second kappa shape index (κ2) is 6.50. The highest BCUT2D eigenvalue weighted by Gasteiger charge is 2.24. The number of amides is 2. The summed E-state index contributed by atoms with van der Waals surface area (Å²) < 4.78 is 4.76. The molecule has 0 fully saturated rings. The van der Waals surface area contributed by atoms with E-state index in [1.807, 2.05) is 0 Å². The van der Waals surface area contributed by atoms with Crippen LogP contribution in [0.15, 0.2) is 42.0 Å². The van der Waals surface area contributed by atoms with Crippen molar-refractivity contribution in [3.8, 4) is 6.07 Å². The molecule has 0 aromatic heterocycles. The molecule has 1 aliphatic rings. The Bertz CT molecular complexity index is 706. The molecule has 0 spiro atoms. The van der Waals surface area contributed by atoms with E-state index < -0.39 is 17.8 Å². The highest BCUT2D eigenvalue weighted by Crippen LogP contribution is 2.20. The van der Waals surface area contributed by atoms with Crippen molar-refractivity contribution in [2.24, 2.45) is 0 Å². The Morgan fingerprint density at radius 3 is 2.32 bits per heavy atom. The molecule has 1 aromatic carbocycles. The maximum atomic E-state index is 11.6. The van der Waals surface area contributed by atoms with E-state index in [4.69, 9.17) is 10.00 Å². The van der Waals surface area contributed by atoms with Gasteiger partial charge in [0, 0.05) is 12.2 Å². The highest BCUT2D eigenvalue weighted by atomic mass is 16.5. The van der Waals surface area contributed by atoms with E-state index in [1.54, 1.807) is 37.3 Å². The number of carbonyl (C=O) groups is 3. The van der Waals surface area contributed by atoms with Crippen LogP contribution in [-0.2, 0) is 19.1 Å². The third-order valence-electron chi connectivity index (χ3n) is 2.89. The normalized spacial score (nSPS) is 14.2. The third kappa shape index (κ3) is 3.10. The van der Waals surface area contributed by atoms with E-state index in [0.717, 1.165) is 4.90 Å². The number of benzene rings is 1. The van der Waals surface area contributed by atoms with Gasteiger partial charge in [-0.2, -0.15) is 5.26 Å². The van der Waals surface area contributed by atoms with Crippen molar-refractivity contribution in [3.05, 3.63) is 47.6 Å². The molecule has 0 bridgehead atoms. The average molecular weight is 296 g/mol. The Hall–Kier alpha value is -3.20. The first-order chi connectivity index (χ1) is 10.6. The SMILES string of the molecule is CCOC(=O)C(C#N)=Cc1ccc(N2C(=O)C=CC2=O)cc1. The summed E-state index contributed by atoms with van der Waals surface area (Å²) in [6, 6.07) is 8.11. The van der Waals surface area contributed by atoms with Gasteiger partial charge < -0.3 is 4.74 Å². The van der Waals surface area contributed by atoms with E-state index in [0.29, 0.717) is 11.3 Å². The lowest BCUT2D eigenvalue weighted by Gasteiger charge is -2.13. The van der Waals surface area contributed by atoms with Gasteiger partial charge in [0.05, 0.1) is 12.3 Å². The van der Waals surface area contributed by atoms with Crippen LogP contribution in [-0.4, -0.2) is 24.4 Å². The number of esters is 1. The summed E-state index contributed by atoms with van der Waals surface area (Å²) in [5.41, 5.74) is 0.886. The largest absolute Gasteiger partial charge is 0.462 e. The van der Waals surface area contributed by atoms with E-state index >= 15 is 0 Å². The molecule has 0 aliphatic carbocycles. The zero-order chi connectivity index (χ0) is 16.1. The zero-order valence-electron chi connectivity index (χ0n) is 11.8. The summed E-state index contributed by atoms with van der Waals surface area (Å²) in [6.07, 6.45) is 3.78. The molecule has 2 rings (SSSR count).